The number of hydrogen-bond acceptors (Lipinski definition) is 4. The molecule has 0 aromatic heterocycles. The molecule has 6 heteroatoms. The third-order valence-electron chi connectivity index (χ3n) is 2.09. The minimum absolute atomic E-state index is 0.0270. The maximum Gasteiger partial charge on any atom is 0.305 e. The highest BCUT2D eigenvalue weighted by molar-refractivity contribution is 6.44. The number of esters is 2. The number of carbonyl (C=O) groups is 2. The molecule has 0 aliphatic heterocycles. The van der Waals surface area contributed by atoms with Crippen LogP contribution in [0.4, 0.5) is 0 Å². The van der Waals surface area contributed by atoms with Crippen molar-refractivity contribution < 1.29 is 19.1 Å². The van der Waals surface area contributed by atoms with E-state index in [2.05, 4.69) is 13.8 Å². The van der Waals surface area contributed by atoms with Crippen molar-refractivity contribution in [1.82, 2.24) is 0 Å². The van der Waals surface area contributed by atoms with Gasteiger partial charge >= 0.3 is 11.9 Å². The second kappa shape index (κ2) is 10.4. The van der Waals surface area contributed by atoms with Crippen molar-refractivity contribution in [2.45, 2.75) is 44.4 Å². The van der Waals surface area contributed by atoms with Gasteiger partial charge < -0.3 is 9.47 Å². The summed E-state index contributed by atoms with van der Waals surface area (Å²) in [6.07, 6.45) is 1.65. The van der Waals surface area contributed by atoms with Crippen LogP contribution in [0.15, 0.2) is 0 Å². The summed E-state index contributed by atoms with van der Waals surface area (Å²) < 4.78 is 9.74. The number of ether oxygens (including phenoxy) is 2. The Labute approximate surface area is 118 Å². The first-order chi connectivity index (χ1) is 8.41. The average Bonchev–Trinajstić information content (AvgIpc) is 2.25. The van der Waals surface area contributed by atoms with E-state index in [1.54, 1.807) is 0 Å². The average molecular weight is 299 g/mol. The fraction of sp³-hybridized carbons (Fsp3) is 0.833. The topological polar surface area (TPSA) is 52.6 Å². The zero-order valence-electron chi connectivity index (χ0n) is 10.8. The second-order valence-electron chi connectivity index (χ2n) is 4.33. The Hall–Kier alpha value is -0.480. The van der Waals surface area contributed by atoms with E-state index in [0.29, 0.717) is 18.9 Å². The number of hydrogen-bond donors (Lipinski definition) is 0. The fourth-order valence-corrected chi connectivity index (χ4v) is 1.21. The van der Waals surface area contributed by atoms with Gasteiger partial charge in [-0.05, 0) is 18.8 Å². The van der Waals surface area contributed by atoms with Gasteiger partial charge in [0.15, 0.2) is 0 Å². The molecule has 0 saturated carbocycles. The molecule has 0 atom stereocenters. The lowest BCUT2D eigenvalue weighted by molar-refractivity contribution is -0.145. The molecule has 0 unspecified atom stereocenters. The highest BCUT2D eigenvalue weighted by atomic mass is 35.5. The van der Waals surface area contributed by atoms with E-state index < -0.39 is 10.8 Å². The summed E-state index contributed by atoms with van der Waals surface area (Å²) in [4.78, 5) is 21.7. The maximum absolute atomic E-state index is 11.3. The first-order valence-corrected chi connectivity index (χ1v) is 6.88. The fourth-order valence-electron chi connectivity index (χ4n) is 1.09. The number of rotatable bonds is 9. The Morgan fingerprint density at radius 3 is 2.11 bits per heavy atom. The normalized spacial score (nSPS) is 10.8. The molecule has 4 nitrogen and oxygen atoms in total. The van der Waals surface area contributed by atoms with E-state index in [1.807, 2.05) is 0 Å². The van der Waals surface area contributed by atoms with E-state index >= 15 is 0 Å². The van der Waals surface area contributed by atoms with Crippen LogP contribution in [0, 0.1) is 5.92 Å². The second-order valence-corrected chi connectivity index (χ2v) is 5.61. The van der Waals surface area contributed by atoms with Gasteiger partial charge in [0.2, 0.25) is 0 Å². The van der Waals surface area contributed by atoms with Crippen molar-refractivity contribution in [3.8, 4) is 0 Å². The van der Waals surface area contributed by atoms with Crippen molar-refractivity contribution in [1.29, 1.82) is 0 Å². The van der Waals surface area contributed by atoms with E-state index in [1.165, 1.54) is 0 Å². The van der Waals surface area contributed by atoms with Crippen LogP contribution in [0.1, 0.15) is 39.5 Å². The van der Waals surface area contributed by atoms with Crippen LogP contribution in [0.5, 0.6) is 0 Å². The first-order valence-electron chi connectivity index (χ1n) is 6.01. The Morgan fingerprint density at radius 1 is 1.06 bits per heavy atom. The Bertz CT molecular complexity index is 254. The third-order valence-corrected chi connectivity index (χ3v) is 2.34. The smallest absolute Gasteiger partial charge is 0.305 e. The number of halogens is 2. The largest absolute Gasteiger partial charge is 0.466 e. The molecular weight excluding hydrogens is 279 g/mol. The summed E-state index contributed by atoms with van der Waals surface area (Å²) >= 11 is 10.8. The monoisotopic (exact) mass is 298 g/mol. The van der Waals surface area contributed by atoms with E-state index in [9.17, 15) is 9.59 Å². The van der Waals surface area contributed by atoms with Crippen molar-refractivity contribution in [3.05, 3.63) is 0 Å². The summed E-state index contributed by atoms with van der Waals surface area (Å²) in [7, 11) is 0. The third kappa shape index (κ3) is 12.0. The molecule has 0 heterocycles. The van der Waals surface area contributed by atoms with Crippen LogP contribution in [-0.4, -0.2) is 30.0 Å². The molecule has 0 bridgehead atoms. The van der Waals surface area contributed by atoms with Gasteiger partial charge in [0.25, 0.3) is 0 Å². The molecule has 0 spiro atoms. The lowest BCUT2D eigenvalue weighted by Gasteiger charge is -2.07. The summed E-state index contributed by atoms with van der Waals surface area (Å²) in [5.41, 5.74) is 0. The molecular formula is C12H20Cl2O4. The highest BCUT2D eigenvalue weighted by Crippen LogP contribution is 2.05. The molecule has 0 fully saturated rings. The minimum atomic E-state index is -0.713. The summed E-state index contributed by atoms with van der Waals surface area (Å²) in [6, 6.07) is 0. The van der Waals surface area contributed by atoms with Gasteiger partial charge in [-0.15, -0.1) is 23.2 Å². The Kier molecular flexibility index (Phi) is 10.2. The van der Waals surface area contributed by atoms with E-state index in [0.717, 1.165) is 6.42 Å². The quantitative estimate of drug-likeness (QED) is 0.485. The van der Waals surface area contributed by atoms with Gasteiger partial charge in [0.05, 0.1) is 6.61 Å². The standard InChI is InChI=1S/C12H20Cl2O4/c1-9(2)6-7-17-11(15)4-3-5-12(16)18-8-10(13)14/h9-10H,3-8H2,1-2H3. The number of alkyl halides is 2. The van der Waals surface area contributed by atoms with Crippen molar-refractivity contribution >= 4 is 35.1 Å². The first kappa shape index (κ1) is 17.5. The van der Waals surface area contributed by atoms with Gasteiger partial charge in [0, 0.05) is 12.8 Å². The molecule has 0 radical (unpaired) electrons. The molecule has 18 heavy (non-hydrogen) atoms. The predicted octanol–water partition coefficient (Wildman–Crippen LogP) is 3.09. The van der Waals surface area contributed by atoms with Crippen LogP contribution >= 0.6 is 23.2 Å². The Morgan fingerprint density at radius 2 is 1.61 bits per heavy atom. The van der Waals surface area contributed by atoms with Crippen LogP contribution in [0.2, 0.25) is 0 Å². The summed E-state index contributed by atoms with van der Waals surface area (Å²) in [5, 5.41) is 0. The van der Waals surface area contributed by atoms with Gasteiger partial charge in [-0.3, -0.25) is 9.59 Å². The molecule has 0 rings (SSSR count). The minimum Gasteiger partial charge on any atom is -0.466 e. The lowest BCUT2D eigenvalue weighted by Crippen LogP contribution is -2.12. The zero-order valence-corrected chi connectivity index (χ0v) is 12.3. The van der Waals surface area contributed by atoms with Crippen molar-refractivity contribution in [3.63, 3.8) is 0 Å². The van der Waals surface area contributed by atoms with Crippen LogP contribution in [-0.2, 0) is 19.1 Å². The Balaban J connectivity index is 3.47. The van der Waals surface area contributed by atoms with Crippen LogP contribution in [0.25, 0.3) is 0 Å². The van der Waals surface area contributed by atoms with Gasteiger partial charge in [-0.1, -0.05) is 13.8 Å². The molecule has 0 aromatic carbocycles. The highest BCUT2D eigenvalue weighted by Gasteiger charge is 2.09. The van der Waals surface area contributed by atoms with Crippen molar-refractivity contribution in [2.75, 3.05) is 13.2 Å². The van der Waals surface area contributed by atoms with Crippen molar-refractivity contribution in [2.24, 2.45) is 5.92 Å². The molecule has 0 saturated heterocycles. The lowest BCUT2D eigenvalue weighted by atomic mass is 10.1. The molecule has 0 aliphatic carbocycles. The van der Waals surface area contributed by atoms with Crippen LogP contribution in [0.3, 0.4) is 0 Å². The molecule has 0 aliphatic rings. The molecule has 106 valence electrons. The SMILES string of the molecule is CC(C)CCOC(=O)CCCC(=O)OCC(Cl)Cl. The molecule has 0 amide bonds. The van der Waals surface area contributed by atoms with Gasteiger partial charge in [-0.2, -0.15) is 0 Å². The summed E-state index contributed by atoms with van der Waals surface area (Å²) in [5.74, 6) is -0.181. The molecule has 0 aromatic rings. The maximum atomic E-state index is 11.3. The van der Waals surface area contributed by atoms with E-state index in [4.69, 9.17) is 32.7 Å². The predicted molar refractivity (Wildman–Crippen MR) is 70.7 cm³/mol. The molecule has 0 N–H and O–H groups in total. The summed E-state index contributed by atoms with van der Waals surface area (Å²) in [6.45, 7) is 4.53. The van der Waals surface area contributed by atoms with Gasteiger partial charge in [-0.25, -0.2) is 0 Å². The van der Waals surface area contributed by atoms with E-state index in [-0.39, 0.29) is 25.4 Å². The van der Waals surface area contributed by atoms with Crippen LogP contribution < -0.4 is 0 Å². The van der Waals surface area contributed by atoms with Gasteiger partial charge in [0.1, 0.15) is 11.4 Å². The number of carbonyl (C=O) groups excluding carboxylic acids is 2. The zero-order chi connectivity index (χ0) is 14.0.